The summed E-state index contributed by atoms with van der Waals surface area (Å²) in [5.41, 5.74) is 2.53. The van der Waals surface area contributed by atoms with Gasteiger partial charge < -0.3 is 0 Å². The van der Waals surface area contributed by atoms with Crippen LogP contribution >= 0.6 is 0 Å². The average molecular weight is 406 g/mol. The molecule has 0 saturated heterocycles. The zero-order valence-electron chi connectivity index (χ0n) is 15.5. The van der Waals surface area contributed by atoms with Gasteiger partial charge in [-0.1, -0.05) is 60.7 Å². The van der Waals surface area contributed by atoms with Crippen molar-refractivity contribution < 1.29 is 21.9 Å². The SMILES string of the molecule is O=C([C]1[CH][CH][CH][CH]1)C1C(c2ccccc2)C1c1ccccc1.[CH]1[CH][CH][CH][CH]1.[Fe+2]. The van der Waals surface area contributed by atoms with Gasteiger partial charge in [0.25, 0.3) is 0 Å². The molecule has 0 bridgehead atoms. The number of carbonyl (C=O) groups is 1. The zero-order valence-corrected chi connectivity index (χ0v) is 16.6. The first kappa shape index (κ1) is 21.3. The Labute approximate surface area is 180 Å². The van der Waals surface area contributed by atoms with Gasteiger partial charge >= 0.3 is 17.1 Å². The quantitative estimate of drug-likeness (QED) is 0.640. The molecule has 3 aliphatic rings. The minimum absolute atomic E-state index is 0. The van der Waals surface area contributed by atoms with Crippen molar-refractivity contribution in [2.45, 2.75) is 11.8 Å². The van der Waals surface area contributed by atoms with Crippen molar-refractivity contribution in [2.24, 2.45) is 5.92 Å². The van der Waals surface area contributed by atoms with Gasteiger partial charge in [0.2, 0.25) is 0 Å². The molecule has 138 valence electrons. The van der Waals surface area contributed by atoms with E-state index in [4.69, 9.17) is 0 Å². The first-order chi connectivity index (χ1) is 13.4. The van der Waals surface area contributed by atoms with Crippen LogP contribution in [0.3, 0.4) is 0 Å². The van der Waals surface area contributed by atoms with E-state index in [9.17, 15) is 4.79 Å². The van der Waals surface area contributed by atoms with Crippen LogP contribution in [0.5, 0.6) is 0 Å². The third kappa shape index (κ3) is 4.96. The number of carbonyl (C=O) groups excluding carboxylic acids is 1. The summed E-state index contributed by atoms with van der Waals surface area (Å²) in [7, 11) is 0. The van der Waals surface area contributed by atoms with Gasteiger partial charge in [0, 0.05) is 23.7 Å². The van der Waals surface area contributed by atoms with Crippen LogP contribution in [0.1, 0.15) is 23.0 Å². The molecule has 2 atom stereocenters. The van der Waals surface area contributed by atoms with Gasteiger partial charge in [-0.3, -0.25) is 4.79 Å². The molecule has 5 rings (SSSR count). The second-order valence-electron chi connectivity index (χ2n) is 6.90. The largest absolute Gasteiger partial charge is 2.00 e. The minimum atomic E-state index is 0. The molecule has 0 N–H and O–H groups in total. The Morgan fingerprint density at radius 1 is 0.571 bits per heavy atom. The fourth-order valence-electron chi connectivity index (χ4n) is 3.87. The van der Waals surface area contributed by atoms with E-state index in [0.29, 0.717) is 11.8 Å². The maximum absolute atomic E-state index is 12.8. The molecular formula is C26H22FeO+2. The molecule has 0 aromatic heterocycles. The summed E-state index contributed by atoms with van der Waals surface area (Å²) in [6, 6.07) is 20.8. The molecule has 3 fully saturated rings. The molecule has 0 spiro atoms. The maximum Gasteiger partial charge on any atom is 2.00 e. The Bertz CT molecular complexity index is 664. The van der Waals surface area contributed by atoms with Crippen molar-refractivity contribution in [1.82, 2.24) is 0 Å². The number of hydrogen-bond acceptors (Lipinski definition) is 1. The summed E-state index contributed by atoms with van der Waals surface area (Å²) in [6.45, 7) is 0. The van der Waals surface area contributed by atoms with E-state index in [1.807, 2.05) is 69.9 Å². The second kappa shape index (κ2) is 10.4. The van der Waals surface area contributed by atoms with Crippen molar-refractivity contribution in [3.63, 3.8) is 0 Å². The van der Waals surface area contributed by atoms with E-state index in [1.165, 1.54) is 11.1 Å². The van der Waals surface area contributed by atoms with Crippen LogP contribution in [0, 0.1) is 69.6 Å². The Morgan fingerprint density at radius 2 is 0.964 bits per heavy atom. The van der Waals surface area contributed by atoms with Crippen molar-refractivity contribution >= 4 is 5.78 Å². The third-order valence-corrected chi connectivity index (χ3v) is 5.19. The molecule has 0 heterocycles. The zero-order chi connectivity index (χ0) is 18.5. The fraction of sp³-hybridized carbons (Fsp3) is 0.115. The fourth-order valence-corrected chi connectivity index (χ4v) is 3.87. The van der Waals surface area contributed by atoms with E-state index >= 15 is 0 Å². The molecule has 2 heteroatoms. The summed E-state index contributed by atoms with van der Waals surface area (Å²) in [6.07, 6.45) is 17.7. The second-order valence-corrected chi connectivity index (χ2v) is 6.90. The van der Waals surface area contributed by atoms with Crippen molar-refractivity contribution in [1.29, 1.82) is 0 Å². The Kier molecular flexibility index (Phi) is 7.94. The molecular weight excluding hydrogens is 384 g/mol. The summed E-state index contributed by atoms with van der Waals surface area (Å²) in [5.74, 6) is 1.77. The van der Waals surface area contributed by atoms with Crippen molar-refractivity contribution in [3.8, 4) is 0 Å². The van der Waals surface area contributed by atoms with Crippen LogP contribution in [-0.4, -0.2) is 5.78 Å². The van der Waals surface area contributed by atoms with Crippen LogP contribution in [0.25, 0.3) is 0 Å². The number of rotatable bonds is 4. The molecule has 0 amide bonds. The smallest absolute Gasteiger partial charge is 0.299 e. The van der Waals surface area contributed by atoms with Gasteiger partial charge in [-0.25, -0.2) is 0 Å². The molecule has 28 heavy (non-hydrogen) atoms. The molecule has 3 saturated carbocycles. The van der Waals surface area contributed by atoms with Gasteiger partial charge in [0.15, 0.2) is 0 Å². The molecule has 1 nitrogen and oxygen atoms in total. The first-order valence-electron chi connectivity index (χ1n) is 9.39. The van der Waals surface area contributed by atoms with Crippen LogP contribution < -0.4 is 0 Å². The van der Waals surface area contributed by atoms with E-state index in [-0.39, 0.29) is 28.8 Å². The van der Waals surface area contributed by atoms with Crippen LogP contribution in [0.2, 0.25) is 0 Å². The monoisotopic (exact) mass is 406 g/mol. The van der Waals surface area contributed by atoms with Crippen LogP contribution in [0.15, 0.2) is 60.7 Å². The molecule has 2 unspecified atom stereocenters. The molecule has 3 aliphatic carbocycles. The predicted octanol–water partition coefficient (Wildman–Crippen LogP) is 5.18. The number of ketones is 1. The van der Waals surface area contributed by atoms with Crippen LogP contribution in [-0.2, 0) is 21.9 Å². The van der Waals surface area contributed by atoms with E-state index in [1.54, 1.807) is 0 Å². The summed E-state index contributed by atoms with van der Waals surface area (Å²) in [4.78, 5) is 12.8. The van der Waals surface area contributed by atoms with Gasteiger partial charge in [0.05, 0.1) is 0 Å². The van der Waals surface area contributed by atoms with Gasteiger partial charge in [0.1, 0.15) is 5.78 Å². The molecule has 0 aliphatic heterocycles. The van der Waals surface area contributed by atoms with Gasteiger partial charge in [-0.15, -0.1) is 0 Å². The van der Waals surface area contributed by atoms with Gasteiger partial charge in [-0.2, -0.15) is 0 Å². The Balaban J connectivity index is 0.000000329. The van der Waals surface area contributed by atoms with Crippen molar-refractivity contribution in [3.05, 3.63) is 135 Å². The number of hydrogen-bond donors (Lipinski definition) is 0. The summed E-state index contributed by atoms with van der Waals surface area (Å²) < 4.78 is 0. The average Bonchev–Trinajstić information content (AvgIpc) is 3.15. The molecule has 2 aromatic rings. The number of benzene rings is 2. The third-order valence-electron chi connectivity index (χ3n) is 5.19. The van der Waals surface area contributed by atoms with E-state index in [0.717, 1.165) is 5.92 Å². The van der Waals surface area contributed by atoms with Gasteiger partial charge in [-0.05, 0) is 68.9 Å². The van der Waals surface area contributed by atoms with E-state index in [2.05, 4.69) is 48.5 Å². The first-order valence-corrected chi connectivity index (χ1v) is 9.39. The summed E-state index contributed by atoms with van der Waals surface area (Å²) >= 11 is 0. The predicted molar refractivity (Wildman–Crippen MR) is 109 cm³/mol. The van der Waals surface area contributed by atoms with Crippen molar-refractivity contribution in [2.75, 3.05) is 0 Å². The Morgan fingerprint density at radius 3 is 1.36 bits per heavy atom. The minimum Gasteiger partial charge on any atom is -0.299 e. The Hall–Kier alpha value is -1.37. The maximum atomic E-state index is 12.8. The van der Waals surface area contributed by atoms with Crippen LogP contribution in [0.4, 0.5) is 0 Å². The molecule has 2 aromatic carbocycles. The van der Waals surface area contributed by atoms with E-state index < -0.39 is 0 Å². The normalized spacial score (nSPS) is 26.1. The topological polar surface area (TPSA) is 17.1 Å². The molecule has 10 radical (unpaired) electrons. The standard InChI is InChI=1S/C21H17O.C5H5.Fe/c22-21(17-13-7-8-14-17)20-18(15-9-3-1-4-10-15)19(20)16-11-5-2-6-12-16;1-2-4-5-3-1;/h1-14,18-20H;1-5H;/q;;+2. The number of Topliss-reactive ketones (excluding diaryl/α,β-unsaturated/α-hetero) is 1. The summed E-state index contributed by atoms with van der Waals surface area (Å²) in [5, 5.41) is 0.